The third-order valence-electron chi connectivity index (χ3n) is 7.07. The number of aryl methyl sites for hydroxylation is 1. The summed E-state index contributed by atoms with van der Waals surface area (Å²) < 4.78 is 2.22. The van der Waals surface area contributed by atoms with Crippen LogP contribution in [-0.2, 0) is 16.1 Å². The Balaban J connectivity index is 1.21. The van der Waals surface area contributed by atoms with Gasteiger partial charge in [0.1, 0.15) is 0 Å². The molecule has 2 aliphatic heterocycles. The third-order valence-corrected chi connectivity index (χ3v) is 7.31. The summed E-state index contributed by atoms with van der Waals surface area (Å²) in [5.74, 6) is 0.0893. The fourth-order valence-corrected chi connectivity index (χ4v) is 5.43. The minimum atomic E-state index is -0.123. The summed E-state index contributed by atoms with van der Waals surface area (Å²) in [7, 11) is 0. The Kier molecular flexibility index (Phi) is 6.82. The largest absolute Gasteiger partial charge is 0.368 e. The van der Waals surface area contributed by atoms with Gasteiger partial charge in [0.2, 0.25) is 11.8 Å². The first-order valence-electron chi connectivity index (χ1n) is 12.3. The molecular weight excluding hydrogens is 460 g/mol. The second-order valence-electron chi connectivity index (χ2n) is 9.38. The molecule has 7 heteroatoms. The van der Waals surface area contributed by atoms with E-state index in [0.29, 0.717) is 24.7 Å². The first-order valence-corrected chi connectivity index (χ1v) is 12.7. The van der Waals surface area contributed by atoms with Crippen LogP contribution < -0.4 is 4.90 Å². The highest BCUT2D eigenvalue weighted by Crippen LogP contribution is 2.33. The van der Waals surface area contributed by atoms with Crippen molar-refractivity contribution in [2.24, 2.45) is 0 Å². The molecule has 0 saturated carbocycles. The van der Waals surface area contributed by atoms with Crippen molar-refractivity contribution in [3.05, 3.63) is 88.7 Å². The van der Waals surface area contributed by atoms with E-state index in [1.807, 2.05) is 46.2 Å². The summed E-state index contributed by atoms with van der Waals surface area (Å²) in [6.07, 6.45) is 2.55. The third kappa shape index (κ3) is 5.08. The lowest BCUT2D eigenvalue weighted by atomic mass is 9.97. The van der Waals surface area contributed by atoms with Crippen molar-refractivity contribution >= 4 is 29.1 Å². The molecule has 1 saturated heterocycles. The average molecular weight is 491 g/mol. The minimum Gasteiger partial charge on any atom is -0.368 e. The van der Waals surface area contributed by atoms with E-state index in [1.54, 1.807) is 0 Å². The minimum absolute atomic E-state index is 0.0369. The molecule has 5 rings (SSSR count). The lowest BCUT2D eigenvalue weighted by Gasteiger charge is -2.38. The highest BCUT2D eigenvalue weighted by atomic mass is 35.5. The Labute approximate surface area is 211 Å². The number of nitrogens with zero attached hydrogens (tertiary/aromatic N) is 4. The molecule has 0 bridgehead atoms. The van der Waals surface area contributed by atoms with Crippen LogP contribution in [0.15, 0.2) is 66.9 Å². The van der Waals surface area contributed by atoms with Gasteiger partial charge in [-0.05, 0) is 42.8 Å². The van der Waals surface area contributed by atoms with Crippen LogP contribution in [0.2, 0.25) is 5.02 Å². The van der Waals surface area contributed by atoms with E-state index in [4.69, 9.17) is 11.6 Å². The Hall–Kier alpha value is -3.25. The van der Waals surface area contributed by atoms with Gasteiger partial charge in [-0.1, -0.05) is 47.5 Å². The molecule has 1 atom stereocenters. The van der Waals surface area contributed by atoms with E-state index >= 15 is 0 Å². The fraction of sp³-hybridized carbons (Fsp3) is 0.357. The van der Waals surface area contributed by atoms with Gasteiger partial charge >= 0.3 is 0 Å². The van der Waals surface area contributed by atoms with Gasteiger partial charge in [0.25, 0.3) is 0 Å². The first-order chi connectivity index (χ1) is 17.0. The molecule has 0 radical (unpaired) electrons. The van der Waals surface area contributed by atoms with E-state index in [9.17, 15) is 9.59 Å². The Bertz CT molecular complexity index is 1210. The summed E-state index contributed by atoms with van der Waals surface area (Å²) in [6.45, 7) is 6.33. The molecule has 1 unspecified atom stereocenters. The molecule has 0 N–H and O–H groups in total. The molecule has 2 amide bonds. The lowest BCUT2D eigenvalue weighted by Crippen LogP contribution is -2.49. The standard InChI is InChI=1S/C28H31ClN4O2/c1-21-5-2-6-22(19-21)28-25-9-4-12-31(25)17-18-33(28)27(35)11-10-26(34)32-15-13-30(14-16-32)24-8-3-7-23(29)20-24/h2-9,12,19-20,28H,10-11,13-18H2,1H3. The highest BCUT2D eigenvalue weighted by molar-refractivity contribution is 6.30. The number of hydrogen-bond donors (Lipinski definition) is 0. The molecule has 2 aromatic carbocycles. The summed E-state index contributed by atoms with van der Waals surface area (Å²) in [5, 5.41) is 0.716. The van der Waals surface area contributed by atoms with Crippen LogP contribution in [0.5, 0.6) is 0 Å². The number of carbonyl (C=O) groups is 2. The van der Waals surface area contributed by atoms with E-state index in [1.165, 1.54) is 5.56 Å². The van der Waals surface area contributed by atoms with Crippen molar-refractivity contribution in [3.63, 3.8) is 0 Å². The highest BCUT2D eigenvalue weighted by Gasteiger charge is 2.32. The normalized spacial score (nSPS) is 17.9. The SMILES string of the molecule is Cc1cccc(C2c3cccn3CCN2C(=O)CCC(=O)N2CCN(c3cccc(Cl)c3)CC2)c1. The average Bonchev–Trinajstić information content (AvgIpc) is 3.35. The summed E-state index contributed by atoms with van der Waals surface area (Å²) in [5.41, 5.74) is 4.49. The Morgan fingerprint density at radius 1 is 0.857 bits per heavy atom. The molecule has 0 spiro atoms. The van der Waals surface area contributed by atoms with Gasteiger partial charge in [-0.3, -0.25) is 9.59 Å². The van der Waals surface area contributed by atoms with Crippen LogP contribution in [0.3, 0.4) is 0 Å². The zero-order valence-corrected chi connectivity index (χ0v) is 20.8. The maximum absolute atomic E-state index is 13.4. The molecule has 182 valence electrons. The predicted octanol–water partition coefficient (Wildman–Crippen LogP) is 4.51. The van der Waals surface area contributed by atoms with Crippen molar-refractivity contribution in [2.75, 3.05) is 37.6 Å². The number of piperazine rings is 1. The van der Waals surface area contributed by atoms with Crippen molar-refractivity contribution in [3.8, 4) is 0 Å². The maximum Gasteiger partial charge on any atom is 0.223 e. The number of fused-ring (bicyclic) bond motifs is 1. The summed E-state index contributed by atoms with van der Waals surface area (Å²) >= 11 is 6.13. The number of carbonyl (C=O) groups excluding carboxylic acids is 2. The Morgan fingerprint density at radius 2 is 1.63 bits per heavy atom. The smallest absolute Gasteiger partial charge is 0.223 e. The number of halogens is 1. The van der Waals surface area contributed by atoms with E-state index in [0.717, 1.165) is 36.6 Å². The molecule has 0 aliphatic carbocycles. The monoisotopic (exact) mass is 490 g/mol. The van der Waals surface area contributed by atoms with Crippen molar-refractivity contribution in [2.45, 2.75) is 32.4 Å². The van der Waals surface area contributed by atoms with Crippen molar-refractivity contribution in [1.29, 1.82) is 0 Å². The number of aromatic nitrogens is 1. The van der Waals surface area contributed by atoms with Crippen LogP contribution in [0.1, 0.15) is 35.7 Å². The number of hydrogen-bond acceptors (Lipinski definition) is 3. The molecule has 1 aromatic heterocycles. The number of anilines is 1. The number of benzene rings is 2. The molecule has 35 heavy (non-hydrogen) atoms. The maximum atomic E-state index is 13.4. The van der Waals surface area contributed by atoms with Gasteiger partial charge < -0.3 is 19.3 Å². The van der Waals surface area contributed by atoms with E-state index in [-0.39, 0.29) is 30.7 Å². The van der Waals surface area contributed by atoms with Crippen molar-refractivity contribution < 1.29 is 9.59 Å². The Morgan fingerprint density at radius 3 is 2.40 bits per heavy atom. The van der Waals surface area contributed by atoms with Crippen molar-refractivity contribution in [1.82, 2.24) is 14.4 Å². The van der Waals surface area contributed by atoms with Gasteiger partial charge in [0.05, 0.1) is 6.04 Å². The lowest BCUT2D eigenvalue weighted by molar-refractivity contribution is -0.138. The van der Waals surface area contributed by atoms with Crippen LogP contribution in [-0.4, -0.2) is 58.9 Å². The number of rotatable bonds is 5. The first kappa shape index (κ1) is 23.5. The van der Waals surface area contributed by atoms with Crippen LogP contribution in [0.25, 0.3) is 0 Å². The van der Waals surface area contributed by atoms with Crippen LogP contribution in [0, 0.1) is 6.92 Å². The van der Waals surface area contributed by atoms with Crippen LogP contribution in [0.4, 0.5) is 5.69 Å². The van der Waals surface area contributed by atoms with Gasteiger partial charge in [0.15, 0.2) is 0 Å². The fourth-order valence-electron chi connectivity index (χ4n) is 5.25. The second kappa shape index (κ2) is 10.2. The van der Waals surface area contributed by atoms with Gasteiger partial charge in [0, 0.05) is 74.7 Å². The zero-order valence-electron chi connectivity index (χ0n) is 20.1. The second-order valence-corrected chi connectivity index (χ2v) is 9.81. The van der Waals surface area contributed by atoms with Gasteiger partial charge in [-0.15, -0.1) is 0 Å². The summed E-state index contributed by atoms with van der Waals surface area (Å²) in [6, 6.07) is 20.2. The summed E-state index contributed by atoms with van der Waals surface area (Å²) in [4.78, 5) is 32.4. The number of amides is 2. The van der Waals surface area contributed by atoms with Gasteiger partial charge in [-0.2, -0.15) is 0 Å². The quantitative estimate of drug-likeness (QED) is 0.528. The van der Waals surface area contributed by atoms with E-state index < -0.39 is 0 Å². The molecule has 1 fully saturated rings. The van der Waals surface area contributed by atoms with Crippen LogP contribution >= 0.6 is 11.6 Å². The predicted molar refractivity (Wildman–Crippen MR) is 139 cm³/mol. The molecular formula is C28H31ClN4O2. The van der Waals surface area contributed by atoms with Gasteiger partial charge in [-0.25, -0.2) is 0 Å². The van der Waals surface area contributed by atoms with E-state index in [2.05, 4.69) is 46.9 Å². The molecule has 3 aromatic rings. The zero-order chi connectivity index (χ0) is 24.4. The molecule has 6 nitrogen and oxygen atoms in total. The molecule has 3 heterocycles. The molecule has 2 aliphatic rings. The topological polar surface area (TPSA) is 48.8 Å².